The molecule has 0 bridgehead atoms. The Morgan fingerprint density at radius 3 is 2.58 bits per heavy atom. The van der Waals surface area contributed by atoms with Crippen LogP contribution >= 0.6 is 0 Å². The maximum Gasteiger partial charge on any atom is 0.248 e. The van der Waals surface area contributed by atoms with Crippen LogP contribution in [-0.4, -0.2) is 15.7 Å². The molecule has 0 fully saturated rings. The van der Waals surface area contributed by atoms with Crippen LogP contribution in [0.4, 0.5) is 10.1 Å². The van der Waals surface area contributed by atoms with Crippen molar-refractivity contribution in [3.63, 3.8) is 0 Å². The first-order valence-electron chi connectivity index (χ1n) is 8.32. The molecule has 132 valence electrons. The van der Waals surface area contributed by atoms with Gasteiger partial charge in [-0.25, -0.2) is 9.07 Å². The zero-order valence-electron chi connectivity index (χ0n) is 15.0. The Balaban J connectivity index is 1.81. The molecule has 3 aromatic rings. The zero-order valence-corrected chi connectivity index (χ0v) is 15.0. The minimum Gasteiger partial charge on any atom is -0.322 e. The van der Waals surface area contributed by atoms with Crippen molar-refractivity contribution in [3.8, 4) is 5.69 Å². The van der Waals surface area contributed by atoms with Crippen molar-refractivity contribution >= 4 is 17.7 Å². The number of nitrogens with zero attached hydrogens (tertiary/aromatic N) is 2. The summed E-state index contributed by atoms with van der Waals surface area (Å²) in [6, 6.07) is 14.1. The van der Waals surface area contributed by atoms with Crippen LogP contribution in [0.5, 0.6) is 0 Å². The third-order valence-corrected chi connectivity index (χ3v) is 4.21. The average molecular weight is 349 g/mol. The summed E-state index contributed by atoms with van der Waals surface area (Å²) in [5.74, 6) is -0.698. The number of para-hydroxylation sites is 1. The number of hydrogen-bond donors (Lipinski definition) is 1. The van der Waals surface area contributed by atoms with E-state index in [0.717, 1.165) is 28.2 Å². The fourth-order valence-electron chi connectivity index (χ4n) is 2.78. The molecular formula is C21H20FN3O. The summed E-state index contributed by atoms with van der Waals surface area (Å²) in [6.07, 6.45) is 3.18. The van der Waals surface area contributed by atoms with Crippen molar-refractivity contribution in [1.82, 2.24) is 9.78 Å². The molecule has 4 nitrogen and oxygen atoms in total. The Labute approximate surface area is 152 Å². The lowest BCUT2D eigenvalue weighted by molar-refractivity contribution is -0.111. The summed E-state index contributed by atoms with van der Waals surface area (Å²) >= 11 is 0. The predicted molar refractivity (Wildman–Crippen MR) is 102 cm³/mol. The lowest BCUT2D eigenvalue weighted by Gasteiger charge is -2.06. The maximum atomic E-state index is 13.3. The number of carbonyl (C=O) groups is 1. The number of aromatic nitrogens is 2. The van der Waals surface area contributed by atoms with Crippen LogP contribution in [0.2, 0.25) is 0 Å². The molecule has 26 heavy (non-hydrogen) atoms. The van der Waals surface area contributed by atoms with Gasteiger partial charge in [0.25, 0.3) is 0 Å². The highest BCUT2D eigenvalue weighted by atomic mass is 19.1. The van der Waals surface area contributed by atoms with Gasteiger partial charge in [-0.1, -0.05) is 24.3 Å². The summed E-state index contributed by atoms with van der Waals surface area (Å²) in [4.78, 5) is 12.2. The number of amides is 1. The van der Waals surface area contributed by atoms with Crippen LogP contribution in [0.1, 0.15) is 22.5 Å². The van der Waals surface area contributed by atoms with Crippen molar-refractivity contribution in [1.29, 1.82) is 0 Å². The van der Waals surface area contributed by atoms with Crippen LogP contribution in [0.3, 0.4) is 0 Å². The van der Waals surface area contributed by atoms with Gasteiger partial charge in [-0.3, -0.25) is 4.79 Å². The fourth-order valence-corrected chi connectivity index (χ4v) is 2.78. The molecular weight excluding hydrogens is 329 g/mol. The molecule has 0 aliphatic heterocycles. The topological polar surface area (TPSA) is 46.9 Å². The van der Waals surface area contributed by atoms with Crippen LogP contribution in [0, 0.1) is 26.6 Å². The van der Waals surface area contributed by atoms with Gasteiger partial charge < -0.3 is 5.32 Å². The lowest BCUT2D eigenvalue weighted by Crippen LogP contribution is -2.09. The van der Waals surface area contributed by atoms with Gasteiger partial charge in [-0.15, -0.1) is 0 Å². The van der Waals surface area contributed by atoms with Crippen LogP contribution in [0.25, 0.3) is 11.8 Å². The van der Waals surface area contributed by atoms with Crippen LogP contribution in [0.15, 0.2) is 54.6 Å². The van der Waals surface area contributed by atoms with E-state index in [1.807, 2.05) is 55.8 Å². The second-order valence-corrected chi connectivity index (χ2v) is 6.11. The molecule has 0 atom stereocenters. The molecule has 0 radical (unpaired) electrons. The van der Waals surface area contributed by atoms with Crippen molar-refractivity contribution in [2.75, 3.05) is 5.32 Å². The smallest absolute Gasteiger partial charge is 0.248 e. The summed E-state index contributed by atoms with van der Waals surface area (Å²) in [6.45, 7) is 5.68. The van der Waals surface area contributed by atoms with E-state index in [1.165, 1.54) is 18.2 Å². The minimum absolute atomic E-state index is 0.315. The van der Waals surface area contributed by atoms with Gasteiger partial charge in [0.15, 0.2) is 0 Å². The van der Waals surface area contributed by atoms with E-state index in [0.29, 0.717) is 5.69 Å². The number of halogens is 1. The van der Waals surface area contributed by atoms with Crippen molar-refractivity contribution < 1.29 is 9.18 Å². The number of carbonyl (C=O) groups excluding carboxylic acids is 1. The Morgan fingerprint density at radius 2 is 1.85 bits per heavy atom. The summed E-state index contributed by atoms with van der Waals surface area (Å²) in [5.41, 5.74) is 4.90. The molecule has 3 rings (SSSR count). The molecule has 0 unspecified atom stereocenters. The summed E-state index contributed by atoms with van der Waals surface area (Å²) in [5, 5.41) is 7.26. The highest BCUT2D eigenvalue weighted by Gasteiger charge is 2.11. The molecule has 5 heteroatoms. The van der Waals surface area contributed by atoms with Gasteiger partial charge in [-0.2, -0.15) is 5.10 Å². The van der Waals surface area contributed by atoms with Crippen molar-refractivity contribution in [2.24, 2.45) is 0 Å². The number of hydrogen-bond acceptors (Lipinski definition) is 2. The largest absolute Gasteiger partial charge is 0.322 e. The number of anilines is 1. The SMILES string of the molecule is Cc1ccc(F)cc1NC(=O)/C=C/c1c(C)nn(-c2ccccc2)c1C. The first-order valence-corrected chi connectivity index (χ1v) is 8.32. The monoisotopic (exact) mass is 349 g/mol. The van der Waals surface area contributed by atoms with E-state index in [1.54, 1.807) is 12.1 Å². The number of nitrogens with one attached hydrogen (secondary N) is 1. The number of rotatable bonds is 4. The Bertz CT molecular complexity index is 974. The maximum absolute atomic E-state index is 13.3. The molecule has 0 aliphatic carbocycles. The van der Waals surface area contributed by atoms with Gasteiger partial charge in [0.2, 0.25) is 5.91 Å². The predicted octanol–water partition coefficient (Wildman–Crippen LogP) is 4.59. The first-order chi connectivity index (χ1) is 12.5. The van der Waals surface area contributed by atoms with Gasteiger partial charge in [0.05, 0.1) is 11.4 Å². The number of benzene rings is 2. The van der Waals surface area contributed by atoms with Gasteiger partial charge in [0, 0.05) is 23.0 Å². The normalized spacial score (nSPS) is 11.1. The van der Waals surface area contributed by atoms with Crippen molar-refractivity contribution in [2.45, 2.75) is 20.8 Å². The minimum atomic E-state index is -0.384. The molecule has 0 aliphatic rings. The van der Waals surface area contributed by atoms with Crippen LogP contribution < -0.4 is 5.32 Å². The Kier molecular flexibility index (Phi) is 4.98. The van der Waals surface area contributed by atoms with E-state index in [2.05, 4.69) is 10.4 Å². The molecule has 0 saturated heterocycles. The Morgan fingerprint density at radius 1 is 1.12 bits per heavy atom. The highest BCUT2D eigenvalue weighted by molar-refractivity contribution is 6.02. The van der Waals surface area contributed by atoms with Gasteiger partial charge in [-0.05, 0) is 56.7 Å². The number of aryl methyl sites for hydroxylation is 2. The van der Waals surface area contributed by atoms with E-state index in [4.69, 9.17) is 0 Å². The summed E-state index contributed by atoms with van der Waals surface area (Å²) in [7, 11) is 0. The van der Waals surface area contributed by atoms with Crippen LogP contribution in [-0.2, 0) is 4.79 Å². The van der Waals surface area contributed by atoms with Crippen molar-refractivity contribution in [3.05, 3.63) is 82.9 Å². The molecule has 1 N–H and O–H groups in total. The summed E-state index contributed by atoms with van der Waals surface area (Å²) < 4.78 is 15.2. The second-order valence-electron chi connectivity index (χ2n) is 6.11. The van der Waals surface area contributed by atoms with Gasteiger partial charge >= 0.3 is 0 Å². The Hall–Kier alpha value is -3.21. The van der Waals surface area contributed by atoms with Gasteiger partial charge in [0.1, 0.15) is 5.82 Å². The molecule has 0 saturated carbocycles. The molecule has 1 amide bonds. The molecule has 0 spiro atoms. The van der Waals surface area contributed by atoms with E-state index in [-0.39, 0.29) is 11.7 Å². The average Bonchev–Trinajstić information content (AvgIpc) is 2.91. The van der Waals surface area contributed by atoms with E-state index < -0.39 is 0 Å². The molecule has 2 aromatic carbocycles. The molecule has 1 heterocycles. The highest BCUT2D eigenvalue weighted by Crippen LogP contribution is 2.20. The molecule has 1 aromatic heterocycles. The quantitative estimate of drug-likeness (QED) is 0.700. The lowest BCUT2D eigenvalue weighted by atomic mass is 10.1. The standard InChI is InChI=1S/C21H20FN3O/c1-14-9-10-17(22)13-20(14)23-21(26)12-11-19-15(2)24-25(16(19)3)18-7-5-4-6-8-18/h4-13H,1-3H3,(H,23,26)/b12-11+. The second kappa shape index (κ2) is 7.35. The zero-order chi connectivity index (χ0) is 18.7. The first kappa shape index (κ1) is 17.6. The van der Waals surface area contributed by atoms with E-state index in [9.17, 15) is 9.18 Å². The third-order valence-electron chi connectivity index (χ3n) is 4.21. The van der Waals surface area contributed by atoms with E-state index >= 15 is 0 Å². The fraction of sp³-hybridized carbons (Fsp3) is 0.143. The third kappa shape index (κ3) is 3.72.